The predicted molar refractivity (Wildman–Crippen MR) is 174 cm³/mol. The van der Waals surface area contributed by atoms with Crippen molar-refractivity contribution in [2.24, 2.45) is 0 Å². The Labute approximate surface area is 265 Å². The van der Waals surface area contributed by atoms with Crippen LogP contribution in [0.2, 0.25) is 0 Å². The van der Waals surface area contributed by atoms with E-state index in [-0.39, 0.29) is 23.2 Å². The number of aromatic nitrogens is 6. The number of carbonyl (C=O) groups excluding carboxylic acids is 1. The van der Waals surface area contributed by atoms with Gasteiger partial charge in [-0.15, -0.1) is 5.10 Å². The fourth-order valence-corrected chi connectivity index (χ4v) is 5.86. The average Bonchev–Trinajstić information content (AvgIpc) is 3.48. The Bertz CT molecular complexity index is 2060. The van der Waals surface area contributed by atoms with E-state index in [2.05, 4.69) is 49.7 Å². The Morgan fingerprint density at radius 1 is 0.935 bits per heavy atom. The lowest BCUT2D eigenvalue weighted by Crippen LogP contribution is -2.44. The number of pyridine rings is 2. The van der Waals surface area contributed by atoms with Gasteiger partial charge in [-0.3, -0.25) is 14.3 Å². The van der Waals surface area contributed by atoms with Gasteiger partial charge in [0.05, 0.1) is 23.0 Å². The number of hydrogen-bond acceptors (Lipinski definition) is 9. The molecule has 11 nitrogen and oxygen atoms in total. The fraction of sp³-hybridized carbons (Fsp3) is 0.171. The molecule has 1 aliphatic rings. The van der Waals surface area contributed by atoms with E-state index < -0.39 is 0 Å². The van der Waals surface area contributed by atoms with Crippen LogP contribution in [0.15, 0.2) is 97.3 Å². The number of nitrogen functional groups attached to an aromatic ring is 1. The summed E-state index contributed by atoms with van der Waals surface area (Å²) in [6.07, 6.45) is 4.73. The van der Waals surface area contributed by atoms with Crippen molar-refractivity contribution >= 4 is 22.9 Å². The van der Waals surface area contributed by atoms with Gasteiger partial charge in [-0.25, -0.2) is 15.0 Å². The van der Waals surface area contributed by atoms with E-state index in [4.69, 9.17) is 15.7 Å². The maximum absolute atomic E-state index is 12.7. The summed E-state index contributed by atoms with van der Waals surface area (Å²) in [6.45, 7) is 2.47. The van der Waals surface area contributed by atoms with Crippen LogP contribution in [0, 0.1) is 11.3 Å². The standard InChI is InChI=1S/C35H30N10O/c36-21-31-27(14-18-39-43-31)35(46)40-25-15-19-44(20-16-25)22-23-8-10-26(11-9-23)45-33(28-7-4-17-38-32(28)37)42-30-13-12-29(41-34(30)45)24-5-2-1-3-6-24/h1-14,17-18,25H,15-16,19-20,22H2,(H2,37,38)(H,40,46). The number of imidazole rings is 1. The zero-order valence-electron chi connectivity index (χ0n) is 24.9. The molecule has 5 heterocycles. The number of carbonyl (C=O) groups is 1. The summed E-state index contributed by atoms with van der Waals surface area (Å²) in [5.74, 6) is 0.798. The number of likely N-dealkylation sites (tertiary alicyclic amines) is 1. The molecular weight excluding hydrogens is 576 g/mol. The number of nitriles is 1. The highest BCUT2D eigenvalue weighted by Crippen LogP contribution is 2.32. The van der Waals surface area contributed by atoms with Gasteiger partial charge >= 0.3 is 0 Å². The van der Waals surface area contributed by atoms with Crippen molar-refractivity contribution in [3.05, 3.63) is 114 Å². The summed E-state index contributed by atoms with van der Waals surface area (Å²) in [5.41, 5.74) is 12.8. The number of rotatable bonds is 7. The van der Waals surface area contributed by atoms with Crippen LogP contribution < -0.4 is 11.1 Å². The van der Waals surface area contributed by atoms with Crippen LogP contribution in [0.4, 0.5) is 5.82 Å². The third kappa shape index (κ3) is 5.77. The summed E-state index contributed by atoms with van der Waals surface area (Å²) in [5, 5.41) is 19.7. The first kappa shape index (κ1) is 28.8. The predicted octanol–water partition coefficient (Wildman–Crippen LogP) is 4.79. The lowest BCUT2D eigenvalue weighted by molar-refractivity contribution is 0.0908. The number of fused-ring (bicyclic) bond motifs is 1. The molecule has 3 N–H and O–H groups in total. The molecule has 0 bridgehead atoms. The highest BCUT2D eigenvalue weighted by molar-refractivity contribution is 5.96. The average molecular weight is 607 g/mol. The number of nitrogens with one attached hydrogen (secondary N) is 1. The molecule has 2 aromatic carbocycles. The Morgan fingerprint density at radius 3 is 2.50 bits per heavy atom. The van der Waals surface area contributed by atoms with Gasteiger partial charge in [0.2, 0.25) is 0 Å². The summed E-state index contributed by atoms with van der Waals surface area (Å²) >= 11 is 0. The van der Waals surface area contributed by atoms with E-state index in [9.17, 15) is 10.1 Å². The van der Waals surface area contributed by atoms with E-state index in [0.717, 1.165) is 66.1 Å². The van der Waals surface area contributed by atoms with Gasteiger partial charge < -0.3 is 11.1 Å². The maximum Gasteiger partial charge on any atom is 0.254 e. The van der Waals surface area contributed by atoms with Crippen molar-refractivity contribution in [1.29, 1.82) is 5.26 Å². The number of hydrogen-bond donors (Lipinski definition) is 2. The molecule has 226 valence electrons. The Kier molecular flexibility index (Phi) is 7.85. The zero-order chi connectivity index (χ0) is 31.5. The number of nitrogens with two attached hydrogens (primary N) is 1. The van der Waals surface area contributed by atoms with Crippen molar-refractivity contribution in [3.63, 3.8) is 0 Å². The minimum absolute atomic E-state index is 0.0342. The van der Waals surface area contributed by atoms with Gasteiger partial charge in [-0.05, 0) is 60.9 Å². The quantitative estimate of drug-likeness (QED) is 0.261. The molecule has 1 fully saturated rings. The van der Waals surface area contributed by atoms with Crippen LogP contribution in [-0.4, -0.2) is 59.7 Å². The first-order chi connectivity index (χ1) is 22.6. The minimum atomic E-state index is -0.287. The van der Waals surface area contributed by atoms with Crippen LogP contribution in [0.3, 0.4) is 0 Å². The second kappa shape index (κ2) is 12.6. The van der Waals surface area contributed by atoms with Gasteiger partial charge in [0.1, 0.15) is 17.4 Å². The fourth-order valence-electron chi connectivity index (χ4n) is 5.86. The third-order valence-electron chi connectivity index (χ3n) is 8.25. The SMILES string of the molecule is N#Cc1nnccc1C(=O)NC1CCN(Cc2ccc(-n3c(-c4cccnc4N)nc4ccc(-c5ccccc5)nc43)cc2)CC1. The van der Waals surface area contributed by atoms with Crippen LogP contribution in [0.5, 0.6) is 0 Å². The van der Waals surface area contributed by atoms with Crippen LogP contribution in [-0.2, 0) is 6.54 Å². The van der Waals surface area contributed by atoms with E-state index in [1.165, 1.54) is 17.8 Å². The largest absolute Gasteiger partial charge is 0.383 e. The topological polar surface area (TPSA) is 152 Å². The van der Waals surface area contributed by atoms with Crippen molar-refractivity contribution in [3.8, 4) is 34.4 Å². The van der Waals surface area contributed by atoms with Crippen molar-refractivity contribution in [2.45, 2.75) is 25.4 Å². The molecule has 0 spiro atoms. The number of amides is 1. The molecule has 1 aliphatic heterocycles. The van der Waals surface area contributed by atoms with E-state index in [1.807, 2.05) is 65.2 Å². The molecule has 6 aromatic rings. The van der Waals surface area contributed by atoms with Gasteiger partial charge in [0, 0.05) is 43.1 Å². The number of anilines is 1. The monoisotopic (exact) mass is 606 g/mol. The Hall–Kier alpha value is -5.99. The van der Waals surface area contributed by atoms with Crippen molar-refractivity contribution < 1.29 is 4.79 Å². The van der Waals surface area contributed by atoms with E-state index >= 15 is 0 Å². The van der Waals surface area contributed by atoms with Crippen LogP contribution in [0.25, 0.3) is 39.5 Å². The Balaban J connectivity index is 1.10. The molecule has 0 unspecified atom stereocenters. The van der Waals surface area contributed by atoms with Gasteiger partial charge in [-0.2, -0.15) is 10.4 Å². The first-order valence-electron chi connectivity index (χ1n) is 15.1. The molecule has 46 heavy (non-hydrogen) atoms. The Morgan fingerprint density at radius 2 is 1.74 bits per heavy atom. The maximum atomic E-state index is 12.7. The zero-order valence-corrected chi connectivity index (χ0v) is 24.9. The minimum Gasteiger partial charge on any atom is -0.383 e. The van der Waals surface area contributed by atoms with E-state index in [0.29, 0.717) is 11.6 Å². The summed E-state index contributed by atoms with van der Waals surface area (Å²) in [4.78, 5) is 29.4. The molecule has 0 radical (unpaired) electrons. The number of benzene rings is 2. The molecular formula is C35H30N10O. The van der Waals surface area contributed by atoms with Crippen LogP contribution in [0.1, 0.15) is 34.5 Å². The number of nitrogens with zero attached hydrogens (tertiary/aromatic N) is 8. The lowest BCUT2D eigenvalue weighted by Gasteiger charge is -2.32. The summed E-state index contributed by atoms with van der Waals surface area (Å²) in [7, 11) is 0. The first-order valence-corrected chi connectivity index (χ1v) is 15.1. The van der Waals surface area contributed by atoms with Crippen LogP contribution >= 0.6 is 0 Å². The molecule has 7 rings (SSSR count). The smallest absolute Gasteiger partial charge is 0.254 e. The molecule has 0 atom stereocenters. The molecule has 1 amide bonds. The highest BCUT2D eigenvalue weighted by Gasteiger charge is 2.23. The van der Waals surface area contributed by atoms with Gasteiger partial charge in [-0.1, -0.05) is 42.5 Å². The second-order valence-electron chi connectivity index (χ2n) is 11.2. The van der Waals surface area contributed by atoms with Gasteiger partial charge in [0.15, 0.2) is 17.2 Å². The third-order valence-corrected chi connectivity index (χ3v) is 8.25. The second-order valence-corrected chi connectivity index (χ2v) is 11.2. The van der Waals surface area contributed by atoms with E-state index in [1.54, 1.807) is 6.20 Å². The molecule has 11 heteroatoms. The molecule has 0 aliphatic carbocycles. The summed E-state index contributed by atoms with van der Waals surface area (Å²) in [6, 6.07) is 29.8. The summed E-state index contributed by atoms with van der Waals surface area (Å²) < 4.78 is 2.04. The van der Waals surface area contributed by atoms with Gasteiger partial charge in [0.25, 0.3) is 5.91 Å². The van der Waals surface area contributed by atoms with Crippen molar-refractivity contribution in [2.75, 3.05) is 18.8 Å². The molecule has 1 saturated heterocycles. The highest BCUT2D eigenvalue weighted by atomic mass is 16.1. The molecule has 0 saturated carbocycles. The molecule has 4 aromatic heterocycles. The lowest BCUT2D eigenvalue weighted by atomic mass is 10.0. The number of piperidine rings is 1. The normalized spacial score (nSPS) is 13.8. The van der Waals surface area contributed by atoms with Crippen molar-refractivity contribution in [1.82, 2.24) is 39.9 Å².